The van der Waals surface area contributed by atoms with E-state index in [9.17, 15) is 19.7 Å². The molecule has 1 aromatic heterocycles. The van der Waals surface area contributed by atoms with Crippen LogP contribution in [-0.4, -0.2) is 47.2 Å². The van der Waals surface area contributed by atoms with E-state index in [1.165, 1.54) is 10.5 Å². The first-order chi connectivity index (χ1) is 19.2. The summed E-state index contributed by atoms with van der Waals surface area (Å²) >= 11 is 3.65. The molecule has 0 radical (unpaired) electrons. The van der Waals surface area contributed by atoms with Gasteiger partial charge in [-0.3, -0.25) is 14.5 Å². The lowest BCUT2D eigenvalue weighted by molar-refractivity contribution is -0.140. The quantitative estimate of drug-likeness (QED) is 0.146. The Kier molecular flexibility index (Phi) is 9.09. The molecule has 5 rings (SSSR count). The second-order valence-corrected chi connectivity index (χ2v) is 13.2. The Bertz CT molecular complexity index is 1340. The summed E-state index contributed by atoms with van der Waals surface area (Å²) in [7, 11) is 0.573. The van der Waals surface area contributed by atoms with Crippen molar-refractivity contribution < 1.29 is 29.1 Å². The maximum atomic E-state index is 13.6. The van der Waals surface area contributed by atoms with E-state index in [1.54, 1.807) is 18.4 Å². The molecule has 1 aromatic carbocycles. The molecule has 7 nitrogen and oxygen atoms in total. The van der Waals surface area contributed by atoms with Gasteiger partial charge in [-0.15, -0.1) is 11.3 Å². The maximum absolute atomic E-state index is 13.6. The predicted molar refractivity (Wildman–Crippen MR) is 165 cm³/mol. The summed E-state index contributed by atoms with van der Waals surface area (Å²) in [4.78, 5) is 29.4. The second kappa shape index (κ2) is 12.4. The smallest absolute Gasteiger partial charge is 0.455 e. The van der Waals surface area contributed by atoms with E-state index >= 15 is 0 Å². The number of carbonyl (C=O) groups excluding carboxylic acids is 2. The van der Waals surface area contributed by atoms with Gasteiger partial charge in [0.05, 0.1) is 35.2 Å². The fourth-order valence-electron chi connectivity index (χ4n) is 6.67. The molecule has 3 heterocycles. The first-order valence-corrected chi connectivity index (χ1v) is 15.8. The van der Waals surface area contributed by atoms with Crippen molar-refractivity contribution in [3.8, 4) is 11.5 Å². The topological polar surface area (TPSA) is 96.3 Å². The fraction of sp³-hybridized carbons (Fsp3) is 0.467. The van der Waals surface area contributed by atoms with E-state index in [-0.39, 0.29) is 35.5 Å². The molecule has 2 aliphatic heterocycles. The number of allylic oxidation sites excluding steroid dienone is 2. The molecule has 212 valence electrons. The third-order valence-electron chi connectivity index (χ3n) is 8.38. The summed E-state index contributed by atoms with van der Waals surface area (Å²) in [5.41, 5.74) is 4.41. The molecule has 40 heavy (non-hydrogen) atoms. The van der Waals surface area contributed by atoms with Crippen molar-refractivity contribution in [2.75, 3.05) is 7.11 Å². The van der Waals surface area contributed by atoms with Gasteiger partial charge in [-0.2, -0.15) is 0 Å². The summed E-state index contributed by atoms with van der Waals surface area (Å²) in [6.45, 7) is 4.52. The Labute approximate surface area is 253 Å². The van der Waals surface area contributed by atoms with E-state index in [0.717, 1.165) is 44.4 Å². The Morgan fingerprint density at radius 1 is 1.27 bits per heavy atom. The van der Waals surface area contributed by atoms with Crippen LogP contribution in [0.1, 0.15) is 56.4 Å². The Morgan fingerprint density at radius 2 is 2.08 bits per heavy atom. The molecule has 1 aliphatic carbocycles. The number of phenols is 1. The van der Waals surface area contributed by atoms with Gasteiger partial charge in [-0.1, -0.05) is 36.6 Å². The number of methoxy groups -OCH3 is 1. The summed E-state index contributed by atoms with van der Waals surface area (Å²) in [5, 5.41) is 22.9. The number of phenolic OH excluding ortho intramolecular Hbond substituents is 1. The zero-order valence-corrected chi connectivity index (χ0v) is 26.0. The molecule has 0 spiro atoms. The molecule has 2 aromatic rings. The van der Waals surface area contributed by atoms with Crippen molar-refractivity contribution in [2.24, 2.45) is 17.8 Å². The number of thiophene rings is 1. The van der Waals surface area contributed by atoms with Gasteiger partial charge in [0.15, 0.2) is 11.5 Å². The lowest BCUT2D eigenvalue weighted by Gasteiger charge is -2.42. The zero-order chi connectivity index (χ0) is 28.6. The minimum atomic E-state index is -0.971. The van der Waals surface area contributed by atoms with E-state index in [1.807, 2.05) is 29.6 Å². The molecule has 2 fully saturated rings. The number of carbonyl (C=O) groups is 2. The highest BCUT2D eigenvalue weighted by Crippen LogP contribution is 2.50. The average molecular weight is 675 g/mol. The van der Waals surface area contributed by atoms with Crippen LogP contribution < -0.4 is 4.74 Å². The highest BCUT2D eigenvalue weighted by atomic mass is 127. The van der Waals surface area contributed by atoms with Crippen molar-refractivity contribution in [1.29, 1.82) is 0 Å². The van der Waals surface area contributed by atoms with Crippen molar-refractivity contribution >= 4 is 58.9 Å². The third kappa shape index (κ3) is 5.77. The van der Waals surface area contributed by atoms with Crippen molar-refractivity contribution in [3.05, 3.63) is 60.4 Å². The fourth-order valence-corrected chi connectivity index (χ4v) is 7.99. The lowest BCUT2D eigenvalue weighted by Crippen LogP contribution is -2.46. The molecule has 0 saturated carbocycles. The molecule has 2 N–H and O–H groups in total. The van der Waals surface area contributed by atoms with Crippen LogP contribution in [0, 0.1) is 21.3 Å². The van der Waals surface area contributed by atoms with Gasteiger partial charge in [-0.25, -0.2) is 0 Å². The molecule has 2 amide bonds. The van der Waals surface area contributed by atoms with Crippen molar-refractivity contribution in [1.82, 2.24) is 4.90 Å². The highest BCUT2D eigenvalue weighted by Gasteiger charge is 2.56. The second-order valence-electron chi connectivity index (χ2n) is 11.0. The van der Waals surface area contributed by atoms with Crippen LogP contribution in [0.15, 0.2) is 46.4 Å². The monoisotopic (exact) mass is 675 g/mol. The van der Waals surface area contributed by atoms with Gasteiger partial charge in [0.25, 0.3) is 0 Å². The number of fused-ring (bicyclic) bond motifs is 3. The number of rotatable bonds is 9. The van der Waals surface area contributed by atoms with E-state index in [2.05, 4.69) is 42.5 Å². The Hall–Kier alpha value is -2.15. The van der Waals surface area contributed by atoms with Gasteiger partial charge >= 0.3 is 7.12 Å². The molecular weight excluding hydrogens is 640 g/mol. The first-order valence-electron chi connectivity index (χ1n) is 13.9. The number of halogens is 1. The standard InChI is InChI=1S/C30H35BINO6S/c1-4-6-18(12-19-13-23(32)28(34)25(14-19)38-3)8-9-24-26-17(2)11-21-27(22(26)15-31(37)39-24)30(36)33(29(21)35)16-20-7-5-10-40-20/h5,7,10,12-14,21-22,24,27,34,37H,4,6,8-9,11,15-16H2,1-3H3/b18-12+/t21-,22+,24-,27-/m1/s1. The number of hydrogen-bond acceptors (Lipinski definition) is 7. The number of hydrogen-bond donors (Lipinski definition) is 2. The lowest BCUT2D eigenvalue weighted by atomic mass is 9.58. The van der Waals surface area contributed by atoms with E-state index in [0.29, 0.717) is 31.5 Å². The van der Waals surface area contributed by atoms with E-state index < -0.39 is 13.0 Å². The number of likely N-dealkylation sites (tertiary alicyclic amines) is 1. The van der Waals surface area contributed by atoms with Gasteiger partial charge in [0, 0.05) is 4.88 Å². The van der Waals surface area contributed by atoms with Gasteiger partial charge in [-0.05, 0) is 102 Å². The van der Waals surface area contributed by atoms with Gasteiger partial charge < -0.3 is 19.5 Å². The summed E-state index contributed by atoms with van der Waals surface area (Å²) in [6, 6.07) is 7.65. The molecule has 3 aliphatic rings. The Balaban J connectivity index is 1.37. The van der Waals surface area contributed by atoms with E-state index in [4.69, 9.17) is 9.39 Å². The zero-order valence-electron chi connectivity index (χ0n) is 23.1. The largest absolute Gasteiger partial charge is 0.504 e. The Morgan fingerprint density at radius 3 is 2.77 bits per heavy atom. The molecule has 4 atom stereocenters. The molecule has 0 unspecified atom stereocenters. The number of nitrogens with zero attached hydrogens (tertiary/aromatic N) is 1. The summed E-state index contributed by atoms with van der Waals surface area (Å²) in [5.74, 6) is -0.630. The molecular formula is C30H35BINO6S. The minimum Gasteiger partial charge on any atom is -0.504 e. The van der Waals surface area contributed by atoms with Crippen LogP contribution in [0.3, 0.4) is 0 Å². The van der Waals surface area contributed by atoms with Crippen LogP contribution in [0.4, 0.5) is 0 Å². The summed E-state index contributed by atoms with van der Waals surface area (Å²) in [6.07, 6.45) is 6.06. The number of ether oxygens (including phenoxy) is 1. The highest BCUT2D eigenvalue weighted by molar-refractivity contribution is 14.1. The van der Waals surface area contributed by atoms with Crippen LogP contribution in [0.2, 0.25) is 6.32 Å². The normalized spacial score (nSPS) is 25.0. The number of aromatic hydroxyl groups is 1. The number of benzene rings is 1. The van der Waals surface area contributed by atoms with Crippen LogP contribution >= 0.6 is 33.9 Å². The molecule has 2 saturated heterocycles. The first kappa shape index (κ1) is 29.4. The van der Waals surface area contributed by atoms with Crippen LogP contribution in [0.25, 0.3) is 6.08 Å². The number of imide groups is 1. The SMILES string of the molecule is CCC/C(=C\c1cc(I)c(O)c(OC)c1)CC[C@H]1OB(O)C[C@H]2C1=C(C)C[C@H]1C(=O)N(Cc3cccs3)C(=O)[C@H]12. The van der Waals surface area contributed by atoms with Gasteiger partial charge in [0.2, 0.25) is 11.8 Å². The number of amides is 2. The van der Waals surface area contributed by atoms with Crippen molar-refractivity contribution in [3.63, 3.8) is 0 Å². The third-order valence-corrected chi connectivity index (χ3v) is 10.1. The van der Waals surface area contributed by atoms with Crippen LogP contribution in [-0.2, 0) is 20.8 Å². The molecule has 10 heteroatoms. The van der Waals surface area contributed by atoms with Gasteiger partial charge in [0.1, 0.15) is 0 Å². The average Bonchev–Trinajstić information content (AvgIpc) is 3.52. The van der Waals surface area contributed by atoms with Crippen LogP contribution in [0.5, 0.6) is 11.5 Å². The minimum absolute atomic E-state index is 0.0912. The predicted octanol–water partition coefficient (Wildman–Crippen LogP) is 6.05. The molecule has 0 bridgehead atoms. The van der Waals surface area contributed by atoms with Crippen molar-refractivity contribution in [2.45, 2.75) is 64.9 Å². The summed E-state index contributed by atoms with van der Waals surface area (Å²) < 4.78 is 12.2. The maximum Gasteiger partial charge on any atom is 0.455 e.